The highest BCUT2D eigenvalue weighted by Gasteiger charge is 2.45. The fraction of sp³-hybridized carbons (Fsp3) is 0.290. The van der Waals surface area contributed by atoms with Gasteiger partial charge in [0.1, 0.15) is 11.4 Å². The monoisotopic (exact) mass is 514 g/mol. The quantitative estimate of drug-likeness (QED) is 0.237. The average Bonchev–Trinajstić information content (AvgIpc) is 3.55. The van der Waals surface area contributed by atoms with Crippen molar-refractivity contribution in [3.63, 3.8) is 0 Å². The van der Waals surface area contributed by atoms with Crippen molar-refractivity contribution in [2.24, 2.45) is 0 Å². The molecular weight excluding hydrogens is 484 g/mol. The zero-order chi connectivity index (χ0) is 26.0. The van der Waals surface area contributed by atoms with E-state index in [2.05, 4.69) is 71.7 Å². The summed E-state index contributed by atoms with van der Waals surface area (Å²) in [4.78, 5) is 13.4. The number of hydrogen-bond donors (Lipinski definition) is 1. The summed E-state index contributed by atoms with van der Waals surface area (Å²) in [5.41, 5.74) is 7.26. The Morgan fingerprint density at radius 3 is 2.30 bits per heavy atom. The fourth-order valence-electron chi connectivity index (χ4n) is 5.17. The maximum absolute atomic E-state index is 11.2. The molecule has 37 heavy (non-hydrogen) atoms. The van der Waals surface area contributed by atoms with E-state index in [-0.39, 0.29) is 11.8 Å². The second kappa shape index (κ2) is 10.4. The molecule has 1 N–H and O–H groups in total. The van der Waals surface area contributed by atoms with Crippen LogP contribution in [0.1, 0.15) is 42.5 Å². The summed E-state index contributed by atoms with van der Waals surface area (Å²) in [5.74, 6) is 0.0416. The van der Waals surface area contributed by atoms with E-state index in [1.807, 2.05) is 25.1 Å². The average molecular weight is 515 g/mol. The molecule has 0 saturated heterocycles. The molecule has 1 saturated carbocycles. The van der Waals surface area contributed by atoms with Crippen LogP contribution in [0.4, 0.5) is 5.69 Å². The highest BCUT2D eigenvalue weighted by atomic mass is 35.5. The van der Waals surface area contributed by atoms with Crippen LogP contribution >= 0.6 is 11.6 Å². The van der Waals surface area contributed by atoms with Gasteiger partial charge in [0.05, 0.1) is 6.42 Å². The van der Waals surface area contributed by atoms with Gasteiger partial charge in [0.2, 0.25) is 0 Å². The first-order chi connectivity index (χ1) is 17.8. The number of carboxylic acid groups (broad SMARTS) is 1. The van der Waals surface area contributed by atoms with Gasteiger partial charge < -0.3 is 14.5 Å². The Morgan fingerprint density at radius 1 is 1.03 bits per heavy atom. The Morgan fingerprint density at radius 2 is 1.68 bits per heavy atom. The van der Waals surface area contributed by atoms with Crippen molar-refractivity contribution in [2.75, 3.05) is 18.5 Å². The molecule has 190 valence electrons. The van der Waals surface area contributed by atoms with Gasteiger partial charge in [0.25, 0.3) is 0 Å². The van der Waals surface area contributed by atoms with Crippen LogP contribution in [0.2, 0.25) is 5.02 Å². The maximum Gasteiger partial charge on any atom is 0.304 e. The Bertz CT molecular complexity index is 1390. The van der Waals surface area contributed by atoms with Crippen LogP contribution in [0.3, 0.4) is 0 Å². The number of aliphatic carboxylic acids is 1. The molecule has 1 aliphatic carbocycles. The van der Waals surface area contributed by atoms with E-state index in [0.717, 1.165) is 76.6 Å². The molecule has 0 amide bonds. The van der Waals surface area contributed by atoms with Crippen molar-refractivity contribution in [3.8, 4) is 22.5 Å². The van der Waals surface area contributed by atoms with Gasteiger partial charge >= 0.3 is 5.97 Å². The molecular formula is C31H31ClN2O3. The summed E-state index contributed by atoms with van der Waals surface area (Å²) in [7, 11) is 2.08. The van der Waals surface area contributed by atoms with Gasteiger partial charge in [-0.2, -0.15) is 0 Å². The van der Waals surface area contributed by atoms with Gasteiger partial charge in [-0.1, -0.05) is 77.4 Å². The van der Waals surface area contributed by atoms with Crippen LogP contribution in [0, 0.1) is 6.92 Å². The largest absolute Gasteiger partial charge is 0.481 e. The fourth-order valence-corrected chi connectivity index (χ4v) is 5.38. The summed E-state index contributed by atoms with van der Waals surface area (Å²) in [5, 5.41) is 14.3. The standard InChI is InChI=1S/C31H31ClN2O3/c1-21-29(34(2)18-4-6-22-5-3-7-27(32)19-22)30(37-33-21)25-10-8-23(9-11-25)24-12-14-26(15-13-24)31(16-17-31)20-28(35)36/h3,5,7-15,19H,4,6,16-18,20H2,1-2H3,(H,35,36). The minimum atomic E-state index is -0.731. The molecule has 0 atom stereocenters. The minimum absolute atomic E-state index is 0.172. The van der Waals surface area contributed by atoms with Gasteiger partial charge in [0, 0.05) is 29.6 Å². The summed E-state index contributed by atoms with van der Waals surface area (Å²) in [6.07, 6.45) is 4.04. The predicted molar refractivity (Wildman–Crippen MR) is 148 cm³/mol. The van der Waals surface area contributed by atoms with Crippen LogP contribution in [-0.2, 0) is 16.6 Å². The first-order valence-corrected chi connectivity index (χ1v) is 13.1. The first-order valence-electron chi connectivity index (χ1n) is 12.7. The number of carbonyl (C=O) groups is 1. The lowest BCUT2D eigenvalue weighted by molar-refractivity contribution is -0.137. The number of hydrogen-bond acceptors (Lipinski definition) is 4. The highest BCUT2D eigenvalue weighted by Crippen LogP contribution is 2.51. The molecule has 0 radical (unpaired) electrons. The van der Waals surface area contributed by atoms with Gasteiger partial charge in [0.15, 0.2) is 5.76 Å². The Hall–Kier alpha value is -3.57. The molecule has 1 aliphatic rings. The third-order valence-electron chi connectivity index (χ3n) is 7.38. The summed E-state index contributed by atoms with van der Waals surface area (Å²) < 4.78 is 5.76. The predicted octanol–water partition coefficient (Wildman–Crippen LogP) is 7.55. The first kappa shape index (κ1) is 25.1. The number of anilines is 1. The van der Waals surface area contributed by atoms with Crippen molar-refractivity contribution in [1.29, 1.82) is 0 Å². The van der Waals surface area contributed by atoms with Crippen LogP contribution in [0.15, 0.2) is 77.3 Å². The van der Waals surface area contributed by atoms with E-state index in [0.29, 0.717) is 0 Å². The third-order valence-corrected chi connectivity index (χ3v) is 7.62. The Kier molecular flexibility index (Phi) is 7.07. The van der Waals surface area contributed by atoms with E-state index in [1.165, 1.54) is 5.56 Å². The van der Waals surface area contributed by atoms with E-state index in [1.54, 1.807) is 0 Å². The zero-order valence-electron chi connectivity index (χ0n) is 21.2. The summed E-state index contributed by atoms with van der Waals surface area (Å²) in [6.45, 7) is 2.85. The molecule has 0 unspecified atom stereocenters. The molecule has 0 spiro atoms. The molecule has 4 aromatic rings. The van der Waals surface area contributed by atoms with Gasteiger partial charge in [-0.3, -0.25) is 4.79 Å². The van der Waals surface area contributed by atoms with Gasteiger partial charge in [-0.15, -0.1) is 0 Å². The van der Waals surface area contributed by atoms with Crippen molar-refractivity contribution in [3.05, 3.63) is 94.6 Å². The second-order valence-corrected chi connectivity index (χ2v) is 10.5. The smallest absolute Gasteiger partial charge is 0.304 e. The van der Waals surface area contributed by atoms with E-state index in [4.69, 9.17) is 16.1 Å². The molecule has 5 rings (SSSR count). The molecule has 0 aliphatic heterocycles. The van der Waals surface area contributed by atoms with Crippen molar-refractivity contribution in [2.45, 2.75) is 44.4 Å². The molecule has 1 heterocycles. The summed E-state index contributed by atoms with van der Waals surface area (Å²) >= 11 is 6.12. The topological polar surface area (TPSA) is 66.6 Å². The molecule has 6 heteroatoms. The van der Waals surface area contributed by atoms with Crippen LogP contribution in [0.5, 0.6) is 0 Å². The number of aryl methyl sites for hydroxylation is 2. The number of nitrogens with zero attached hydrogens (tertiary/aromatic N) is 2. The number of aromatic nitrogens is 1. The second-order valence-electron chi connectivity index (χ2n) is 10.1. The van der Waals surface area contributed by atoms with Crippen molar-refractivity contribution >= 4 is 23.3 Å². The number of carboxylic acids is 1. The van der Waals surface area contributed by atoms with Crippen molar-refractivity contribution < 1.29 is 14.4 Å². The zero-order valence-corrected chi connectivity index (χ0v) is 22.0. The molecule has 1 aromatic heterocycles. The lowest BCUT2D eigenvalue weighted by atomic mass is 9.91. The molecule has 0 bridgehead atoms. The van der Waals surface area contributed by atoms with Crippen molar-refractivity contribution in [1.82, 2.24) is 5.16 Å². The van der Waals surface area contributed by atoms with E-state index >= 15 is 0 Å². The molecule has 3 aromatic carbocycles. The lowest BCUT2D eigenvalue weighted by Crippen LogP contribution is -2.20. The van der Waals surface area contributed by atoms with E-state index in [9.17, 15) is 9.90 Å². The van der Waals surface area contributed by atoms with E-state index < -0.39 is 5.97 Å². The van der Waals surface area contributed by atoms with Crippen LogP contribution < -0.4 is 4.90 Å². The third kappa shape index (κ3) is 5.57. The van der Waals surface area contributed by atoms with Crippen LogP contribution in [0.25, 0.3) is 22.5 Å². The maximum atomic E-state index is 11.2. The normalized spacial score (nSPS) is 13.9. The number of rotatable bonds is 10. The number of benzene rings is 3. The molecule has 5 nitrogen and oxygen atoms in total. The highest BCUT2D eigenvalue weighted by molar-refractivity contribution is 6.30. The van der Waals surface area contributed by atoms with Gasteiger partial charge in [-0.05, 0) is 67.0 Å². The van der Waals surface area contributed by atoms with Crippen LogP contribution in [-0.4, -0.2) is 29.8 Å². The minimum Gasteiger partial charge on any atom is -0.481 e. The molecule has 1 fully saturated rings. The number of halogens is 1. The van der Waals surface area contributed by atoms with Gasteiger partial charge in [-0.25, -0.2) is 0 Å². The summed E-state index contributed by atoms with van der Waals surface area (Å²) in [6, 6.07) is 24.7. The Balaban J connectivity index is 1.27. The Labute approximate surface area is 222 Å². The lowest BCUT2D eigenvalue weighted by Gasteiger charge is -2.19. The SMILES string of the molecule is Cc1noc(-c2ccc(-c3ccc(C4(CC(=O)O)CC4)cc3)cc2)c1N(C)CCCc1cccc(Cl)c1.